The molecular formula is C15H13N. The number of nitrogens with zero attached hydrogens (tertiary/aromatic N) is 1. The van der Waals surface area contributed by atoms with E-state index in [1.54, 1.807) is 6.08 Å². The van der Waals surface area contributed by atoms with E-state index in [1.165, 1.54) is 16.3 Å². The molecular weight excluding hydrogens is 194 g/mol. The van der Waals surface area contributed by atoms with Gasteiger partial charge in [0.2, 0.25) is 0 Å². The van der Waals surface area contributed by atoms with Gasteiger partial charge in [-0.2, -0.15) is 5.26 Å². The number of nitriles is 1. The average molecular weight is 207 g/mol. The summed E-state index contributed by atoms with van der Waals surface area (Å²) in [6.45, 7) is 0. The minimum Gasteiger partial charge on any atom is -0.193 e. The number of aryl methyl sites for hydroxylation is 1. The van der Waals surface area contributed by atoms with Gasteiger partial charge in [-0.3, -0.25) is 0 Å². The number of hydrogen-bond acceptors (Lipinski definition) is 1. The molecule has 0 aliphatic carbocycles. The Morgan fingerprint density at radius 1 is 1.06 bits per heavy atom. The second-order valence-electron chi connectivity index (χ2n) is 3.75. The molecule has 0 aliphatic heterocycles. The second-order valence-corrected chi connectivity index (χ2v) is 3.75. The van der Waals surface area contributed by atoms with E-state index < -0.39 is 0 Å². The molecule has 0 bridgehead atoms. The number of allylic oxidation sites excluding steroid dienone is 2. The van der Waals surface area contributed by atoms with Crippen molar-refractivity contribution in [2.24, 2.45) is 0 Å². The van der Waals surface area contributed by atoms with E-state index in [0.717, 1.165) is 12.8 Å². The van der Waals surface area contributed by atoms with Crippen LogP contribution in [0.2, 0.25) is 0 Å². The summed E-state index contributed by atoms with van der Waals surface area (Å²) in [5.74, 6) is 0. The first-order valence-electron chi connectivity index (χ1n) is 5.42. The van der Waals surface area contributed by atoms with E-state index in [2.05, 4.69) is 42.5 Å². The minimum absolute atomic E-state index is 0.923. The molecule has 0 N–H and O–H groups in total. The van der Waals surface area contributed by atoms with Crippen molar-refractivity contribution in [1.82, 2.24) is 0 Å². The first-order chi connectivity index (χ1) is 7.90. The number of hydrogen-bond donors (Lipinski definition) is 0. The van der Waals surface area contributed by atoms with Crippen molar-refractivity contribution in [3.63, 3.8) is 0 Å². The lowest BCUT2D eigenvalue weighted by molar-refractivity contribution is 1.00. The van der Waals surface area contributed by atoms with Crippen LogP contribution in [0.5, 0.6) is 0 Å². The zero-order valence-electron chi connectivity index (χ0n) is 9.06. The van der Waals surface area contributed by atoms with Crippen LogP contribution in [-0.4, -0.2) is 0 Å². The van der Waals surface area contributed by atoms with Gasteiger partial charge in [-0.25, -0.2) is 0 Å². The summed E-state index contributed by atoms with van der Waals surface area (Å²) in [5.41, 5.74) is 1.32. The molecule has 0 aromatic heterocycles. The van der Waals surface area contributed by atoms with Crippen LogP contribution in [0.3, 0.4) is 0 Å². The van der Waals surface area contributed by atoms with E-state index in [9.17, 15) is 0 Å². The van der Waals surface area contributed by atoms with Gasteiger partial charge in [-0.1, -0.05) is 48.5 Å². The predicted octanol–water partition coefficient (Wildman–Crippen LogP) is 3.85. The van der Waals surface area contributed by atoms with Crippen molar-refractivity contribution in [2.75, 3.05) is 0 Å². The molecule has 1 nitrogen and oxygen atoms in total. The highest BCUT2D eigenvalue weighted by molar-refractivity contribution is 5.82. The van der Waals surface area contributed by atoms with Crippen LogP contribution >= 0.6 is 0 Å². The highest BCUT2D eigenvalue weighted by Gasteiger charge is 1.94. The van der Waals surface area contributed by atoms with Gasteiger partial charge in [-0.15, -0.1) is 0 Å². The van der Waals surface area contributed by atoms with Crippen molar-refractivity contribution in [2.45, 2.75) is 12.8 Å². The Labute approximate surface area is 95.6 Å². The second kappa shape index (κ2) is 5.14. The Bertz CT molecular complexity index is 547. The van der Waals surface area contributed by atoms with Crippen LogP contribution in [0.25, 0.3) is 10.8 Å². The van der Waals surface area contributed by atoms with Gasteiger partial charge in [0.15, 0.2) is 0 Å². The Morgan fingerprint density at radius 2 is 1.88 bits per heavy atom. The average Bonchev–Trinajstić information content (AvgIpc) is 2.34. The van der Waals surface area contributed by atoms with Crippen LogP contribution < -0.4 is 0 Å². The van der Waals surface area contributed by atoms with Crippen LogP contribution in [0, 0.1) is 11.3 Å². The van der Waals surface area contributed by atoms with Crippen LogP contribution in [-0.2, 0) is 6.42 Å². The highest BCUT2D eigenvalue weighted by atomic mass is 14.2. The van der Waals surface area contributed by atoms with Crippen molar-refractivity contribution < 1.29 is 0 Å². The van der Waals surface area contributed by atoms with Gasteiger partial charge in [0, 0.05) is 6.08 Å². The van der Waals surface area contributed by atoms with Gasteiger partial charge >= 0.3 is 0 Å². The number of fused-ring (bicyclic) bond motifs is 1. The molecule has 0 saturated heterocycles. The van der Waals surface area contributed by atoms with Gasteiger partial charge in [0.05, 0.1) is 6.07 Å². The first kappa shape index (κ1) is 10.4. The molecule has 0 fully saturated rings. The monoisotopic (exact) mass is 207 g/mol. The lowest BCUT2D eigenvalue weighted by atomic mass is 10.0. The van der Waals surface area contributed by atoms with Crippen molar-refractivity contribution >= 4 is 10.8 Å². The molecule has 0 saturated carbocycles. The Kier molecular flexibility index (Phi) is 3.35. The molecule has 0 radical (unpaired) electrons. The van der Waals surface area contributed by atoms with Crippen LogP contribution in [0.15, 0.2) is 54.6 Å². The summed E-state index contributed by atoms with van der Waals surface area (Å²) in [6.07, 6.45) is 5.37. The van der Waals surface area contributed by atoms with E-state index in [1.807, 2.05) is 12.1 Å². The van der Waals surface area contributed by atoms with Gasteiger partial charge < -0.3 is 0 Å². The fraction of sp³-hybridized carbons (Fsp3) is 0.133. The number of benzene rings is 2. The topological polar surface area (TPSA) is 23.8 Å². The third kappa shape index (κ3) is 2.49. The molecule has 16 heavy (non-hydrogen) atoms. The quantitative estimate of drug-likeness (QED) is 0.701. The van der Waals surface area contributed by atoms with Gasteiger partial charge in [0.25, 0.3) is 0 Å². The van der Waals surface area contributed by atoms with Gasteiger partial charge in [-0.05, 0) is 29.2 Å². The zero-order chi connectivity index (χ0) is 11.2. The molecule has 1 heteroatoms. The molecule has 2 aromatic carbocycles. The summed E-state index contributed by atoms with van der Waals surface area (Å²) >= 11 is 0. The van der Waals surface area contributed by atoms with E-state index in [0.29, 0.717) is 0 Å². The number of rotatable bonds is 3. The minimum atomic E-state index is 0.923. The third-order valence-corrected chi connectivity index (χ3v) is 2.61. The molecule has 78 valence electrons. The maximum Gasteiger partial charge on any atom is 0.0908 e. The zero-order valence-corrected chi connectivity index (χ0v) is 9.06. The SMILES string of the molecule is N#C/C=C\CCc1ccc2ccccc2c1. The summed E-state index contributed by atoms with van der Waals surface area (Å²) in [4.78, 5) is 0. The van der Waals surface area contributed by atoms with Gasteiger partial charge in [0.1, 0.15) is 0 Å². The Hall–Kier alpha value is -2.07. The van der Waals surface area contributed by atoms with E-state index in [-0.39, 0.29) is 0 Å². The molecule has 2 rings (SSSR count). The molecule has 0 heterocycles. The van der Waals surface area contributed by atoms with E-state index in [4.69, 9.17) is 5.26 Å². The first-order valence-corrected chi connectivity index (χ1v) is 5.42. The normalized spacial score (nSPS) is 10.7. The van der Waals surface area contributed by atoms with Crippen molar-refractivity contribution in [1.29, 1.82) is 5.26 Å². The molecule has 0 atom stereocenters. The maximum atomic E-state index is 8.37. The smallest absolute Gasteiger partial charge is 0.0908 e. The molecule has 0 aliphatic rings. The Balaban J connectivity index is 2.14. The Morgan fingerprint density at radius 3 is 2.69 bits per heavy atom. The summed E-state index contributed by atoms with van der Waals surface area (Å²) in [6, 6.07) is 16.9. The lowest BCUT2D eigenvalue weighted by Gasteiger charge is -2.01. The maximum absolute atomic E-state index is 8.37. The van der Waals surface area contributed by atoms with Crippen molar-refractivity contribution in [3.05, 3.63) is 60.2 Å². The van der Waals surface area contributed by atoms with Crippen LogP contribution in [0.4, 0.5) is 0 Å². The molecule has 2 aromatic rings. The lowest BCUT2D eigenvalue weighted by Crippen LogP contribution is -1.83. The fourth-order valence-electron chi connectivity index (χ4n) is 1.78. The summed E-state index contributed by atoms with van der Waals surface area (Å²) in [5, 5.41) is 10.9. The standard InChI is InChI=1S/C15H13N/c16-11-5-1-2-6-13-9-10-14-7-3-4-8-15(14)12-13/h1,3-5,7-10,12H,2,6H2/b5-1-. The van der Waals surface area contributed by atoms with Crippen molar-refractivity contribution in [3.8, 4) is 6.07 Å². The molecule has 0 spiro atoms. The summed E-state index contributed by atoms with van der Waals surface area (Å²) < 4.78 is 0. The van der Waals surface area contributed by atoms with E-state index >= 15 is 0 Å². The largest absolute Gasteiger partial charge is 0.193 e. The van der Waals surface area contributed by atoms with Crippen LogP contribution in [0.1, 0.15) is 12.0 Å². The fourth-order valence-corrected chi connectivity index (χ4v) is 1.78. The summed E-state index contributed by atoms with van der Waals surface area (Å²) in [7, 11) is 0. The predicted molar refractivity (Wildman–Crippen MR) is 67.0 cm³/mol. The third-order valence-electron chi connectivity index (χ3n) is 2.61. The molecule has 0 unspecified atom stereocenters. The highest BCUT2D eigenvalue weighted by Crippen LogP contribution is 2.16. The molecule has 0 amide bonds.